The van der Waals surface area contributed by atoms with Gasteiger partial charge >= 0.3 is 0 Å². The molecule has 0 heterocycles. The second-order valence-corrected chi connectivity index (χ2v) is 5.15. The van der Waals surface area contributed by atoms with Gasteiger partial charge < -0.3 is 0 Å². The van der Waals surface area contributed by atoms with Crippen LogP contribution in [0.1, 0.15) is 11.1 Å². The lowest BCUT2D eigenvalue weighted by atomic mass is 10.00. The summed E-state index contributed by atoms with van der Waals surface area (Å²) in [4.78, 5) is 0. The molecule has 0 N–H and O–H groups in total. The predicted molar refractivity (Wildman–Crippen MR) is 74.4 cm³/mol. The summed E-state index contributed by atoms with van der Waals surface area (Å²) in [5.74, 6) is 0. The van der Waals surface area contributed by atoms with E-state index in [1.54, 1.807) is 0 Å². The zero-order chi connectivity index (χ0) is 11.2. The molecule has 0 spiro atoms. The molecule has 16 heavy (non-hydrogen) atoms. The van der Waals surface area contributed by atoms with Gasteiger partial charge in [-0.2, -0.15) is 11.1 Å². The van der Waals surface area contributed by atoms with Crippen LogP contribution in [0.5, 0.6) is 0 Å². The number of benzene rings is 2. The van der Waals surface area contributed by atoms with Crippen molar-refractivity contribution in [3.05, 3.63) is 77.5 Å². The molecule has 2 heteroatoms. The summed E-state index contributed by atoms with van der Waals surface area (Å²) >= 11 is 5.96. The molecule has 0 unspecified atom stereocenters. The van der Waals surface area contributed by atoms with E-state index in [0.717, 1.165) is 0 Å². The quantitative estimate of drug-likeness (QED) is 0.574. The van der Waals surface area contributed by atoms with Crippen molar-refractivity contribution >= 4 is 25.5 Å². The minimum atomic E-state index is -0.611. The number of halogens is 1. The summed E-state index contributed by atoms with van der Waals surface area (Å²) < 4.78 is 0. The molecule has 0 bridgehead atoms. The second-order valence-electron chi connectivity index (χ2n) is 3.50. The van der Waals surface area contributed by atoms with Crippen molar-refractivity contribution in [2.45, 2.75) is 0 Å². The van der Waals surface area contributed by atoms with Gasteiger partial charge in [-0.15, -0.1) is 0 Å². The van der Waals surface area contributed by atoms with E-state index in [2.05, 4.69) is 54.2 Å². The van der Waals surface area contributed by atoms with Gasteiger partial charge in [0.15, 0.2) is 0 Å². The molecule has 0 aliphatic heterocycles. The van der Waals surface area contributed by atoms with Crippen LogP contribution in [-0.2, 0) is 0 Å². The first-order valence-corrected chi connectivity index (χ1v) is 8.24. The van der Waals surface area contributed by atoms with Crippen LogP contribution in [0.2, 0.25) is 0 Å². The summed E-state index contributed by atoms with van der Waals surface area (Å²) in [6, 6.07) is 20.8. The third kappa shape index (κ3) is 2.63. The van der Waals surface area contributed by atoms with E-state index in [-0.39, 0.29) is 0 Å². The van der Waals surface area contributed by atoms with Crippen molar-refractivity contribution in [2.24, 2.45) is 0 Å². The van der Waals surface area contributed by atoms with Gasteiger partial charge in [0, 0.05) is 0 Å². The van der Waals surface area contributed by atoms with Crippen molar-refractivity contribution in [2.75, 3.05) is 0 Å². The topological polar surface area (TPSA) is 0 Å². The minimum Gasteiger partial charge on any atom is -0.171 e. The van der Waals surface area contributed by atoms with Crippen LogP contribution >= 0.6 is 11.1 Å². The average molecular weight is 245 g/mol. The Kier molecular flexibility index (Phi) is 3.97. The van der Waals surface area contributed by atoms with Gasteiger partial charge in [-0.1, -0.05) is 66.4 Å². The highest BCUT2D eigenvalue weighted by atomic mass is 35.6. The largest absolute Gasteiger partial charge is 0.171 e. The van der Waals surface area contributed by atoms with Gasteiger partial charge in [0.25, 0.3) is 0 Å². The van der Waals surface area contributed by atoms with Gasteiger partial charge in [-0.05, 0) is 16.7 Å². The van der Waals surface area contributed by atoms with E-state index < -0.39 is 8.83 Å². The van der Waals surface area contributed by atoms with Crippen molar-refractivity contribution in [3.8, 4) is 0 Å². The Balaban J connectivity index is 2.44. The van der Waals surface area contributed by atoms with Crippen LogP contribution in [0, 0.1) is 0 Å². The molecular weight excluding hydrogens is 232 g/mol. The Hall–Kier alpha value is -1.31. The molecule has 0 nitrogen and oxygen atoms in total. The van der Waals surface area contributed by atoms with E-state index in [1.807, 2.05) is 12.1 Å². The summed E-state index contributed by atoms with van der Waals surface area (Å²) in [6.07, 6.45) is 0. The molecule has 0 aliphatic carbocycles. The first-order chi connectivity index (χ1) is 7.92. The molecule has 2 rings (SSSR count). The van der Waals surface area contributed by atoms with Crippen LogP contribution in [0.4, 0.5) is 0 Å². The number of hydrogen-bond donors (Lipinski definition) is 0. The Bertz CT molecular complexity index is 421. The maximum Gasteiger partial charge on any atom is 0.149 e. The molecule has 2 aromatic carbocycles. The third-order valence-electron chi connectivity index (χ3n) is 2.45. The molecule has 80 valence electrons. The maximum atomic E-state index is 5.96. The fraction of sp³-hybridized carbons (Fsp3) is 0. The normalized spacial score (nSPS) is 10.6. The predicted octanol–water partition coefficient (Wildman–Crippen LogP) is 3.40. The first kappa shape index (κ1) is 11.2. The molecular formula is C14H13ClSi. The molecule has 0 aliphatic rings. The highest BCUT2D eigenvalue weighted by Gasteiger charge is 2.02. The summed E-state index contributed by atoms with van der Waals surface area (Å²) in [6.45, 7) is 0. The highest BCUT2D eigenvalue weighted by Crippen LogP contribution is 2.22. The fourth-order valence-corrected chi connectivity index (χ4v) is 2.80. The lowest BCUT2D eigenvalue weighted by Gasteiger charge is -2.07. The van der Waals surface area contributed by atoms with Gasteiger partial charge in [-0.3, -0.25) is 0 Å². The van der Waals surface area contributed by atoms with E-state index in [4.69, 9.17) is 11.1 Å². The molecule has 0 radical (unpaired) electrons. The van der Waals surface area contributed by atoms with Crippen LogP contribution in [-0.4, -0.2) is 8.83 Å². The summed E-state index contributed by atoms with van der Waals surface area (Å²) in [7, 11) is -0.611. The standard InChI is InChI=1S/C14H13ClSi/c15-16-11-14(12-7-3-1-4-8-12)13-9-5-2-6-10-13/h1-11H,16H2. The monoisotopic (exact) mass is 244 g/mol. The maximum absolute atomic E-state index is 5.96. The van der Waals surface area contributed by atoms with E-state index >= 15 is 0 Å². The van der Waals surface area contributed by atoms with Gasteiger partial charge in [0.05, 0.1) is 0 Å². The molecule has 0 saturated carbocycles. The zero-order valence-electron chi connectivity index (χ0n) is 8.94. The first-order valence-electron chi connectivity index (χ1n) is 5.29. The van der Waals surface area contributed by atoms with Crippen LogP contribution < -0.4 is 0 Å². The van der Waals surface area contributed by atoms with Crippen molar-refractivity contribution in [1.82, 2.24) is 0 Å². The molecule has 0 fully saturated rings. The Labute approximate surface area is 103 Å². The molecule has 0 aromatic heterocycles. The summed E-state index contributed by atoms with van der Waals surface area (Å²) in [5, 5.41) is 0. The number of rotatable bonds is 3. The van der Waals surface area contributed by atoms with Crippen LogP contribution in [0.15, 0.2) is 66.4 Å². The minimum absolute atomic E-state index is 0.611. The fourth-order valence-electron chi connectivity index (χ4n) is 1.71. The molecule has 2 aromatic rings. The smallest absolute Gasteiger partial charge is 0.149 e. The SMILES string of the molecule is Cl[SiH2]C=C(c1ccccc1)c1ccccc1. The van der Waals surface area contributed by atoms with Crippen molar-refractivity contribution in [1.29, 1.82) is 0 Å². The van der Waals surface area contributed by atoms with Gasteiger partial charge in [0.1, 0.15) is 8.83 Å². The second kappa shape index (κ2) is 5.68. The lowest BCUT2D eigenvalue weighted by molar-refractivity contribution is 1.55. The molecule has 0 atom stereocenters. The Morgan fingerprint density at radius 2 is 1.25 bits per heavy atom. The number of hydrogen-bond acceptors (Lipinski definition) is 0. The van der Waals surface area contributed by atoms with E-state index in [0.29, 0.717) is 0 Å². The van der Waals surface area contributed by atoms with Crippen molar-refractivity contribution in [3.63, 3.8) is 0 Å². The molecule has 0 saturated heterocycles. The average Bonchev–Trinajstić information content (AvgIpc) is 2.38. The third-order valence-corrected chi connectivity index (χ3v) is 3.48. The van der Waals surface area contributed by atoms with Gasteiger partial charge in [0.2, 0.25) is 0 Å². The van der Waals surface area contributed by atoms with E-state index in [1.165, 1.54) is 16.7 Å². The van der Waals surface area contributed by atoms with Crippen LogP contribution in [0.25, 0.3) is 5.57 Å². The molecule has 0 amide bonds. The zero-order valence-corrected chi connectivity index (χ0v) is 11.1. The lowest BCUT2D eigenvalue weighted by Crippen LogP contribution is -1.88. The summed E-state index contributed by atoms with van der Waals surface area (Å²) in [5.41, 5.74) is 5.92. The van der Waals surface area contributed by atoms with Crippen LogP contribution in [0.3, 0.4) is 0 Å². The Morgan fingerprint density at radius 1 is 0.812 bits per heavy atom. The van der Waals surface area contributed by atoms with Crippen molar-refractivity contribution < 1.29 is 0 Å². The van der Waals surface area contributed by atoms with E-state index in [9.17, 15) is 0 Å². The van der Waals surface area contributed by atoms with Gasteiger partial charge in [-0.25, -0.2) is 0 Å². The Morgan fingerprint density at radius 3 is 1.62 bits per heavy atom. The highest BCUT2D eigenvalue weighted by molar-refractivity contribution is 6.97.